The van der Waals surface area contributed by atoms with E-state index in [9.17, 15) is 26.7 Å². The standard InChI is InChI=1S/C12H13F5N4O2/c13-9(14)23-8-1-7(19-5-20-8)4-11(21-10(18)22)2-6(3-11)12(15,16)17/h1,5-6,9H,2-4H2,(H3,18,21,22). The van der Waals surface area contributed by atoms with Crippen LogP contribution in [-0.2, 0) is 6.42 Å². The first-order valence-electron chi connectivity index (χ1n) is 6.50. The van der Waals surface area contributed by atoms with Crippen LogP contribution in [0.4, 0.5) is 26.7 Å². The highest BCUT2D eigenvalue weighted by Gasteiger charge is 2.56. The number of urea groups is 1. The molecular formula is C12H13F5N4O2. The van der Waals surface area contributed by atoms with Crippen LogP contribution < -0.4 is 15.8 Å². The van der Waals surface area contributed by atoms with Gasteiger partial charge in [0.15, 0.2) is 0 Å². The molecule has 2 amide bonds. The third-order valence-corrected chi connectivity index (χ3v) is 3.55. The lowest BCUT2D eigenvalue weighted by Crippen LogP contribution is -2.62. The fourth-order valence-corrected chi connectivity index (χ4v) is 2.64. The summed E-state index contributed by atoms with van der Waals surface area (Å²) in [6, 6.07) is 0.112. The number of carbonyl (C=O) groups excluding carboxylic acids is 1. The van der Waals surface area contributed by atoms with Gasteiger partial charge >= 0.3 is 18.8 Å². The number of nitrogens with one attached hydrogen (secondary N) is 1. The topological polar surface area (TPSA) is 90.1 Å². The van der Waals surface area contributed by atoms with Crippen LogP contribution in [0.15, 0.2) is 12.4 Å². The molecule has 1 aromatic rings. The Balaban J connectivity index is 2.12. The largest absolute Gasteiger partial charge is 0.417 e. The molecule has 6 nitrogen and oxygen atoms in total. The summed E-state index contributed by atoms with van der Waals surface area (Å²) in [4.78, 5) is 18.3. The number of amides is 2. The van der Waals surface area contributed by atoms with Gasteiger partial charge in [-0.05, 0) is 12.8 Å². The lowest BCUT2D eigenvalue weighted by molar-refractivity contribution is -0.210. The second-order valence-electron chi connectivity index (χ2n) is 5.32. The van der Waals surface area contributed by atoms with E-state index in [1.807, 2.05) is 0 Å². The van der Waals surface area contributed by atoms with Crippen LogP contribution >= 0.6 is 0 Å². The van der Waals surface area contributed by atoms with E-state index in [0.29, 0.717) is 0 Å². The molecule has 2 rings (SSSR count). The number of hydrogen-bond donors (Lipinski definition) is 2. The zero-order chi connectivity index (χ0) is 17.3. The Morgan fingerprint density at radius 3 is 2.61 bits per heavy atom. The smallest absolute Gasteiger partial charge is 0.391 e. The molecule has 0 atom stereocenters. The van der Waals surface area contributed by atoms with Crippen molar-refractivity contribution < 1.29 is 31.5 Å². The Bertz CT molecular complexity index is 575. The molecule has 0 aliphatic heterocycles. The number of halogens is 5. The number of hydrogen-bond acceptors (Lipinski definition) is 4. The maximum absolute atomic E-state index is 12.7. The summed E-state index contributed by atoms with van der Waals surface area (Å²) in [6.07, 6.45) is -4.27. The molecule has 11 heteroatoms. The van der Waals surface area contributed by atoms with Crippen LogP contribution in [0.5, 0.6) is 5.88 Å². The highest BCUT2D eigenvalue weighted by molar-refractivity contribution is 5.73. The van der Waals surface area contributed by atoms with Crippen molar-refractivity contribution in [2.24, 2.45) is 11.7 Å². The van der Waals surface area contributed by atoms with Crippen molar-refractivity contribution in [3.8, 4) is 5.88 Å². The van der Waals surface area contributed by atoms with Crippen LogP contribution in [-0.4, -0.2) is 34.3 Å². The zero-order valence-corrected chi connectivity index (χ0v) is 11.6. The van der Waals surface area contributed by atoms with E-state index >= 15 is 0 Å². The fraction of sp³-hybridized carbons (Fsp3) is 0.583. The quantitative estimate of drug-likeness (QED) is 0.802. The normalized spacial score (nSPS) is 24.2. The molecular weight excluding hydrogens is 327 g/mol. The van der Waals surface area contributed by atoms with E-state index in [2.05, 4.69) is 20.0 Å². The average Bonchev–Trinajstić information content (AvgIpc) is 2.32. The van der Waals surface area contributed by atoms with Gasteiger partial charge in [-0.2, -0.15) is 22.0 Å². The maximum atomic E-state index is 12.7. The van der Waals surface area contributed by atoms with Crippen LogP contribution in [0.1, 0.15) is 18.5 Å². The highest BCUT2D eigenvalue weighted by Crippen LogP contribution is 2.48. The van der Waals surface area contributed by atoms with E-state index in [0.717, 1.165) is 12.4 Å². The minimum Gasteiger partial charge on any atom is -0.417 e. The van der Waals surface area contributed by atoms with Gasteiger partial charge in [0, 0.05) is 23.7 Å². The first-order chi connectivity index (χ1) is 10.6. The minimum atomic E-state index is -4.38. The van der Waals surface area contributed by atoms with Crippen LogP contribution in [0.25, 0.3) is 0 Å². The van der Waals surface area contributed by atoms with Gasteiger partial charge in [0.1, 0.15) is 6.33 Å². The third kappa shape index (κ3) is 4.39. The summed E-state index contributed by atoms with van der Waals surface area (Å²) < 4.78 is 66.3. The molecule has 0 saturated heterocycles. The first-order valence-corrected chi connectivity index (χ1v) is 6.50. The number of nitrogens with two attached hydrogens (primary N) is 1. The van der Waals surface area contributed by atoms with Crippen molar-refractivity contribution in [2.45, 2.75) is 37.6 Å². The molecule has 1 aliphatic carbocycles. The fourth-order valence-electron chi connectivity index (χ4n) is 2.64. The predicted molar refractivity (Wildman–Crippen MR) is 66.6 cm³/mol. The van der Waals surface area contributed by atoms with Crippen molar-refractivity contribution in [2.75, 3.05) is 0 Å². The summed E-state index contributed by atoms with van der Waals surface area (Å²) in [5, 5.41) is 2.29. The molecule has 1 fully saturated rings. The maximum Gasteiger partial charge on any atom is 0.391 e. The molecule has 1 aromatic heterocycles. The number of primary amides is 1. The van der Waals surface area contributed by atoms with Crippen molar-refractivity contribution in [1.82, 2.24) is 15.3 Å². The average molecular weight is 340 g/mol. The van der Waals surface area contributed by atoms with E-state index < -0.39 is 36.2 Å². The molecule has 0 spiro atoms. The lowest BCUT2D eigenvalue weighted by atomic mass is 9.65. The summed E-state index contributed by atoms with van der Waals surface area (Å²) in [6.45, 7) is -3.09. The van der Waals surface area contributed by atoms with E-state index in [1.165, 1.54) is 0 Å². The summed E-state index contributed by atoms with van der Waals surface area (Å²) in [5.74, 6) is -1.97. The highest BCUT2D eigenvalue weighted by atomic mass is 19.4. The second kappa shape index (κ2) is 6.13. The number of rotatable bonds is 5. The minimum absolute atomic E-state index is 0.107. The Morgan fingerprint density at radius 1 is 1.43 bits per heavy atom. The van der Waals surface area contributed by atoms with Gasteiger partial charge in [-0.15, -0.1) is 0 Å². The number of alkyl halides is 5. The molecule has 1 saturated carbocycles. The van der Waals surface area contributed by atoms with Gasteiger partial charge in [0.25, 0.3) is 0 Å². The van der Waals surface area contributed by atoms with Gasteiger partial charge in [-0.25, -0.2) is 14.8 Å². The molecule has 0 unspecified atom stereocenters. The van der Waals surface area contributed by atoms with Crippen molar-refractivity contribution in [1.29, 1.82) is 0 Å². The van der Waals surface area contributed by atoms with E-state index in [1.54, 1.807) is 0 Å². The van der Waals surface area contributed by atoms with Gasteiger partial charge in [0.05, 0.1) is 5.92 Å². The molecule has 1 aliphatic rings. The molecule has 0 bridgehead atoms. The molecule has 0 radical (unpaired) electrons. The van der Waals surface area contributed by atoms with Gasteiger partial charge in [-0.3, -0.25) is 0 Å². The van der Waals surface area contributed by atoms with Crippen molar-refractivity contribution >= 4 is 6.03 Å². The second-order valence-corrected chi connectivity index (χ2v) is 5.32. The van der Waals surface area contributed by atoms with Gasteiger partial charge < -0.3 is 15.8 Å². The number of ether oxygens (including phenoxy) is 1. The van der Waals surface area contributed by atoms with Crippen molar-refractivity contribution in [3.05, 3.63) is 18.1 Å². The summed E-state index contributed by atoms with van der Waals surface area (Å²) in [7, 11) is 0. The Hall–Kier alpha value is -2.20. The van der Waals surface area contributed by atoms with Crippen LogP contribution in [0.2, 0.25) is 0 Å². The Labute approximate surface area is 127 Å². The Morgan fingerprint density at radius 2 is 2.09 bits per heavy atom. The Kier molecular flexibility index (Phi) is 4.57. The molecule has 23 heavy (non-hydrogen) atoms. The SMILES string of the molecule is NC(=O)NC1(Cc2cc(OC(F)F)ncn2)CC(C(F)(F)F)C1. The monoisotopic (exact) mass is 340 g/mol. The zero-order valence-electron chi connectivity index (χ0n) is 11.6. The number of aromatic nitrogens is 2. The number of carbonyl (C=O) groups is 1. The third-order valence-electron chi connectivity index (χ3n) is 3.55. The van der Waals surface area contributed by atoms with Crippen LogP contribution in [0.3, 0.4) is 0 Å². The number of nitrogens with zero attached hydrogens (tertiary/aromatic N) is 2. The molecule has 1 heterocycles. The van der Waals surface area contributed by atoms with Crippen LogP contribution in [0, 0.1) is 5.92 Å². The lowest BCUT2D eigenvalue weighted by Gasteiger charge is -2.48. The van der Waals surface area contributed by atoms with Crippen molar-refractivity contribution in [3.63, 3.8) is 0 Å². The first kappa shape index (κ1) is 17.2. The van der Waals surface area contributed by atoms with Gasteiger partial charge in [0.2, 0.25) is 5.88 Å². The molecule has 0 aromatic carbocycles. The van der Waals surface area contributed by atoms with E-state index in [-0.39, 0.29) is 25.0 Å². The summed E-state index contributed by atoms with van der Waals surface area (Å²) in [5.41, 5.74) is 3.94. The van der Waals surface area contributed by atoms with Gasteiger partial charge in [-0.1, -0.05) is 0 Å². The molecule has 128 valence electrons. The van der Waals surface area contributed by atoms with E-state index in [4.69, 9.17) is 5.73 Å². The molecule has 3 N–H and O–H groups in total. The predicted octanol–water partition coefficient (Wildman–Crippen LogP) is 2.00. The summed E-state index contributed by atoms with van der Waals surface area (Å²) >= 11 is 0.